The van der Waals surface area contributed by atoms with Gasteiger partial charge in [-0.25, -0.2) is 0 Å². The molecule has 3 N–H and O–H groups in total. The molecule has 6 heteroatoms. The Morgan fingerprint density at radius 1 is 1.14 bits per heavy atom. The number of hydrogen-bond donors (Lipinski definition) is 3. The molecule has 1 saturated heterocycles. The number of carbonyl (C=O) groups excluding carboxylic acids is 2. The van der Waals surface area contributed by atoms with Crippen molar-refractivity contribution in [2.45, 2.75) is 77.4 Å². The second-order valence-corrected chi connectivity index (χ2v) is 10.1. The van der Waals surface area contributed by atoms with E-state index in [4.69, 9.17) is 9.84 Å². The molecular weight excluding hydrogens is 356 g/mol. The Bertz CT molecular complexity index is 626. The van der Waals surface area contributed by atoms with Gasteiger partial charge in [0.15, 0.2) is 0 Å². The second-order valence-electron chi connectivity index (χ2n) is 10.1. The van der Waals surface area contributed by atoms with Gasteiger partial charge in [0.2, 0.25) is 11.8 Å². The van der Waals surface area contributed by atoms with Crippen molar-refractivity contribution in [1.29, 1.82) is 0 Å². The molecule has 158 valence electrons. The van der Waals surface area contributed by atoms with Crippen molar-refractivity contribution >= 4 is 11.8 Å². The van der Waals surface area contributed by atoms with Crippen LogP contribution in [0.4, 0.5) is 0 Å². The predicted molar refractivity (Wildman–Crippen MR) is 105 cm³/mol. The van der Waals surface area contributed by atoms with Crippen LogP contribution in [0.1, 0.15) is 65.2 Å². The fraction of sp³-hybridized carbons (Fsp3) is 0.909. The summed E-state index contributed by atoms with van der Waals surface area (Å²) in [4.78, 5) is 23.8. The van der Waals surface area contributed by atoms with Crippen LogP contribution in [0.5, 0.6) is 0 Å². The Morgan fingerprint density at radius 2 is 1.93 bits per heavy atom. The Hall–Kier alpha value is -1.14. The van der Waals surface area contributed by atoms with Crippen molar-refractivity contribution in [2.24, 2.45) is 28.6 Å². The number of aliphatic hydroxyl groups is 1. The van der Waals surface area contributed by atoms with Crippen molar-refractivity contribution in [3.63, 3.8) is 0 Å². The van der Waals surface area contributed by atoms with Crippen LogP contribution in [0.25, 0.3) is 0 Å². The summed E-state index contributed by atoms with van der Waals surface area (Å²) >= 11 is 0. The van der Waals surface area contributed by atoms with Crippen LogP contribution in [-0.2, 0) is 14.3 Å². The molecule has 3 saturated carbocycles. The van der Waals surface area contributed by atoms with Gasteiger partial charge in [0.05, 0.1) is 12.7 Å². The van der Waals surface area contributed by atoms with Crippen LogP contribution in [0, 0.1) is 28.6 Å². The summed E-state index contributed by atoms with van der Waals surface area (Å²) in [6.45, 7) is 5.14. The van der Waals surface area contributed by atoms with Crippen LogP contribution in [-0.4, -0.2) is 48.8 Å². The molecule has 0 aromatic heterocycles. The van der Waals surface area contributed by atoms with E-state index >= 15 is 0 Å². The zero-order chi connectivity index (χ0) is 19.9. The summed E-state index contributed by atoms with van der Waals surface area (Å²) in [5, 5.41) is 14.8. The van der Waals surface area contributed by atoms with E-state index in [0.717, 1.165) is 25.7 Å². The lowest BCUT2D eigenvalue weighted by Crippen LogP contribution is -2.61. The molecule has 0 radical (unpaired) electrons. The number of nitrogens with one attached hydrogen (secondary N) is 2. The highest BCUT2D eigenvalue weighted by molar-refractivity contribution is 5.77. The van der Waals surface area contributed by atoms with Gasteiger partial charge < -0.3 is 20.5 Å². The van der Waals surface area contributed by atoms with Crippen LogP contribution in [0.15, 0.2) is 0 Å². The van der Waals surface area contributed by atoms with Crippen molar-refractivity contribution in [1.82, 2.24) is 10.6 Å². The smallest absolute Gasteiger partial charge is 0.246 e. The lowest BCUT2D eigenvalue weighted by atomic mass is 9.47. The fourth-order valence-electron chi connectivity index (χ4n) is 7.35. The summed E-state index contributed by atoms with van der Waals surface area (Å²) in [5.41, 5.74) is 0.390. The molecule has 0 aromatic carbocycles. The first-order chi connectivity index (χ1) is 13.4. The quantitative estimate of drug-likeness (QED) is 0.668. The van der Waals surface area contributed by atoms with E-state index in [1.807, 2.05) is 0 Å². The number of hydrogen-bond acceptors (Lipinski definition) is 4. The van der Waals surface area contributed by atoms with E-state index in [2.05, 4.69) is 24.5 Å². The molecule has 3 aliphatic carbocycles. The molecular formula is C22H36N2O4. The highest BCUT2D eigenvalue weighted by atomic mass is 16.5. The van der Waals surface area contributed by atoms with Gasteiger partial charge in [0.25, 0.3) is 0 Å². The van der Waals surface area contributed by atoms with Gasteiger partial charge in [0, 0.05) is 19.0 Å². The van der Waals surface area contributed by atoms with Crippen LogP contribution in [0.2, 0.25) is 0 Å². The molecule has 28 heavy (non-hydrogen) atoms. The molecule has 7 atom stereocenters. The van der Waals surface area contributed by atoms with Gasteiger partial charge in [-0.3, -0.25) is 9.59 Å². The van der Waals surface area contributed by atoms with Gasteiger partial charge in [0.1, 0.15) is 6.61 Å². The molecule has 0 spiro atoms. The largest absolute Gasteiger partial charge is 0.395 e. The molecule has 2 amide bonds. The highest BCUT2D eigenvalue weighted by Crippen LogP contribution is 2.64. The summed E-state index contributed by atoms with van der Waals surface area (Å²) in [5.74, 6) is 2.16. The first kappa shape index (κ1) is 20.1. The number of amides is 2. The number of rotatable bonds is 5. The van der Waals surface area contributed by atoms with Crippen molar-refractivity contribution in [2.75, 3.05) is 19.8 Å². The van der Waals surface area contributed by atoms with E-state index in [-0.39, 0.29) is 48.5 Å². The minimum absolute atomic E-state index is 0.0434. The maximum Gasteiger partial charge on any atom is 0.246 e. The van der Waals surface area contributed by atoms with Gasteiger partial charge in [-0.1, -0.05) is 13.8 Å². The summed E-state index contributed by atoms with van der Waals surface area (Å²) in [6, 6.07) is 0.350. The fourth-order valence-corrected chi connectivity index (χ4v) is 7.35. The van der Waals surface area contributed by atoms with E-state index < -0.39 is 0 Å². The molecule has 0 unspecified atom stereocenters. The number of carbonyl (C=O) groups is 2. The molecule has 1 heterocycles. The van der Waals surface area contributed by atoms with E-state index in [9.17, 15) is 9.59 Å². The zero-order valence-electron chi connectivity index (χ0n) is 17.3. The normalized spacial score (nSPS) is 44.8. The predicted octanol–water partition coefficient (Wildman–Crippen LogP) is 2.00. The molecule has 6 nitrogen and oxygen atoms in total. The number of aliphatic hydroxyl groups excluding tert-OH is 1. The summed E-state index contributed by atoms with van der Waals surface area (Å²) < 4.78 is 6.11. The zero-order valence-corrected chi connectivity index (χ0v) is 17.3. The Morgan fingerprint density at radius 3 is 2.71 bits per heavy atom. The third-order valence-electron chi connectivity index (χ3n) is 8.86. The Labute approximate surface area is 168 Å². The van der Waals surface area contributed by atoms with Crippen LogP contribution >= 0.6 is 0 Å². The van der Waals surface area contributed by atoms with Gasteiger partial charge in [-0.05, 0) is 73.5 Å². The highest BCUT2D eigenvalue weighted by Gasteiger charge is 2.60. The topological polar surface area (TPSA) is 87.7 Å². The summed E-state index contributed by atoms with van der Waals surface area (Å²) in [7, 11) is 0. The minimum Gasteiger partial charge on any atom is -0.395 e. The Kier molecular flexibility index (Phi) is 5.47. The van der Waals surface area contributed by atoms with E-state index in [1.165, 1.54) is 19.3 Å². The lowest BCUT2D eigenvalue weighted by Gasteiger charge is -2.60. The van der Waals surface area contributed by atoms with E-state index in [0.29, 0.717) is 30.2 Å². The van der Waals surface area contributed by atoms with Gasteiger partial charge >= 0.3 is 0 Å². The number of fused-ring (bicyclic) bond motifs is 5. The SMILES string of the molecule is C[C@]12CCC(=O)N[C@@H]1CC[C@@H]1[C@@H]2CC[C@]2(C)[C@@H](OCC(=O)NCCO)CC[C@@H]12. The van der Waals surface area contributed by atoms with Gasteiger partial charge in [-0.15, -0.1) is 0 Å². The second kappa shape index (κ2) is 7.60. The maximum absolute atomic E-state index is 11.9. The number of piperidine rings is 1. The molecule has 0 aromatic rings. The number of ether oxygens (including phenoxy) is 1. The van der Waals surface area contributed by atoms with Crippen molar-refractivity contribution in [3.8, 4) is 0 Å². The minimum atomic E-state index is -0.138. The monoisotopic (exact) mass is 392 g/mol. The third kappa shape index (κ3) is 3.26. The Balaban J connectivity index is 1.43. The lowest BCUT2D eigenvalue weighted by molar-refractivity contribution is -0.145. The molecule has 4 aliphatic rings. The molecule has 4 fully saturated rings. The first-order valence-corrected chi connectivity index (χ1v) is 11.2. The van der Waals surface area contributed by atoms with Gasteiger partial charge in [-0.2, -0.15) is 0 Å². The standard InChI is InChI=1S/C22H36N2O4/c1-21-10-8-19(26)24-17(21)5-3-14-15-4-6-18(22(15,2)9-7-16(14)21)28-13-20(27)23-11-12-25/h14-18,25H,3-13H2,1-2H3,(H,23,27)(H,24,26)/t14-,15-,16-,17+,18-,21+,22-/m0/s1. The third-order valence-corrected chi connectivity index (χ3v) is 8.86. The maximum atomic E-state index is 11.9. The summed E-state index contributed by atoms with van der Waals surface area (Å²) in [6.07, 6.45) is 8.73. The molecule has 0 bridgehead atoms. The van der Waals surface area contributed by atoms with Crippen molar-refractivity contribution in [3.05, 3.63) is 0 Å². The average Bonchev–Trinajstić information content (AvgIpc) is 3.01. The van der Waals surface area contributed by atoms with Crippen molar-refractivity contribution < 1.29 is 19.4 Å². The molecule has 1 aliphatic heterocycles. The average molecular weight is 393 g/mol. The van der Waals surface area contributed by atoms with E-state index in [1.54, 1.807) is 0 Å². The van der Waals surface area contributed by atoms with Crippen LogP contribution < -0.4 is 10.6 Å². The molecule has 4 rings (SSSR count). The first-order valence-electron chi connectivity index (χ1n) is 11.2. The van der Waals surface area contributed by atoms with Crippen LogP contribution in [0.3, 0.4) is 0 Å².